The van der Waals surface area contributed by atoms with Crippen molar-refractivity contribution in [1.82, 2.24) is 5.32 Å². The van der Waals surface area contributed by atoms with Crippen LogP contribution in [-0.4, -0.2) is 34.7 Å². The zero-order chi connectivity index (χ0) is 14.4. The molecule has 0 aromatic heterocycles. The summed E-state index contributed by atoms with van der Waals surface area (Å²) in [5.74, 6) is 1.15. The number of nitrogens with one attached hydrogen (secondary N) is 1. The molecule has 1 amide bonds. The Bertz CT molecular complexity index is 461. The Balaban J connectivity index is 1.71. The third-order valence-electron chi connectivity index (χ3n) is 3.56. The van der Waals surface area contributed by atoms with Crippen LogP contribution in [0.2, 0.25) is 0 Å². The Labute approximate surface area is 123 Å². The zero-order valence-corrected chi connectivity index (χ0v) is 12.2. The van der Waals surface area contributed by atoms with E-state index < -0.39 is 5.60 Å². The van der Waals surface area contributed by atoms with Crippen molar-refractivity contribution < 1.29 is 14.3 Å². The Hall–Kier alpha value is -1.07. The first-order valence-electron chi connectivity index (χ1n) is 6.93. The number of aliphatic hydroxyl groups is 1. The van der Waals surface area contributed by atoms with Crippen LogP contribution in [0.3, 0.4) is 0 Å². The van der Waals surface area contributed by atoms with Gasteiger partial charge in [0.25, 0.3) is 5.91 Å². The lowest BCUT2D eigenvalue weighted by molar-refractivity contribution is -0.140. The number of hydrogen-bond donors (Lipinski definition) is 2. The van der Waals surface area contributed by atoms with E-state index in [1.165, 1.54) is 12.1 Å². The molecule has 1 aromatic rings. The van der Waals surface area contributed by atoms with E-state index in [0.29, 0.717) is 25.8 Å². The number of amides is 1. The maximum absolute atomic E-state index is 13.0. The van der Waals surface area contributed by atoms with E-state index in [4.69, 9.17) is 0 Å². The number of hydrogen-bond acceptors (Lipinski definition) is 3. The molecule has 110 valence electrons. The molecule has 3 nitrogen and oxygen atoms in total. The topological polar surface area (TPSA) is 49.3 Å². The van der Waals surface area contributed by atoms with Crippen LogP contribution in [0.4, 0.5) is 4.39 Å². The summed E-state index contributed by atoms with van der Waals surface area (Å²) >= 11 is 1.77. The van der Waals surface area contributed by atoms with E-state index in [9.17, 15) is 14.3 Å². The van der Waals surface area contributed by atoms with Crippen LogP contribution in [0.25, 0.3) is 0 Å². The predicted octanol–water partition coefficient (Wildman–Crippen LogP) is 2.13. The Morgan fingerprint density at radius 1 is 1.40 bits per heavy atom. The summed E-state index contributed by atoms with van der Waals surface area (Å²) in [6.45, 7) is 0.505. The monoisotopic (exact) mass is 297 g/mol. The molecule has 1 fully saturated rings. The van der Waals surface area contributed by atoms with Crippen molar-refractivity contribution in [1.29, 1.82) is 0 Å². The SMILES string of the molecule is O=C(NCCCc1cccc(F)c1)C1(O)CCSCC1. The molecular weight excluding hydrogens is 277 g/mol. The molecule has 2 N–H and O–H groups in total. The van der Waals surface area contributed by atoms with Crippen LogP contribution < -0.4 is 5.32 Å². The van der Waals surface area contributed by atoms with Gasteiger partial charge in [0.15, 0.2) is 0 Å². The fourth-order valence-electron chi connectivity index (χ4n) is 2.29. The third kappa shape index (κ3) is 4.21. The van der Waals surface area contributed by atoms with Crippen molar-refractivity contribution in [2.24, 2.45) is 0 Å². The van der Waals surface area contributed by atoms with Crippen molar-refractivity contribution >= 4 is 17.7 Å². The highest BCUT2D eigenvalue weighted by atomic mass is 32.2. The molecule has 1 heterocycles. The van der Waals surface area contributed by atoms with Gasteiger partial charge in [0.05, 0.1) is 0 Å². The Morgan fingerprint density at radius 3 is 2.85 bits per heavy atom. The number of thioether (sulfide) groups is 1. The van der Waals surface area contributed by atoms with Gasteiger partial charge in [-0.1, -0.05) is 12.1 Å². The summed E-state index contributed by atoms with van der Waals surface area (Å²) < 4.78 is 13.0. The minimum absolute atomic E-state index is 0.236. The van der Waals surface area contributed by atoms with Gasteiger partial charge in [0, 0.05) is 6.54 Å². The minimum atomic E-state index is -1.19. The third-order valence-corrected chi connectivity index (χ3v) is 4.55. The molecule has 1 saturated heterocycles. The van der Waals surface area contributed by atoms with E-state index in [1.807, 2.05) is 6.07 Å². The highest BCUT2D eigenvalue weighted by Gasteiger charge is 2.36. The molecule has 0 atom stereocenters. The second-order valence-electron chi connectivity index (χ2n) is 5.13. The maximum Gasteiger partial charge on any atom is 0.252 e. The molecule has 0 bridgehead atoms. The minimum Gasteiger partial charge on any atom is -0.380 e. The number of rotatable bonds is 5. The standard InChI is InChI=1S/C15H20FNO2S/c16-13-5-1-3-12(11-13)4-2-8-17-14(18)15(19)6-9-20-10-7-15/h1,3,5,11,19H,2,4,6-10H2,(H,17,18). The van der Waals surface area contributed by atoms with E-state index in [1.54, 1.807) is 17.8 Å². The van der Waals surface area contributed by atoms with Gasteiger partial charge in [-0.05, 0) is 54.9 Å². The molecule has 1 aliphatic heterocycles. The summed E-state index contributed by atoms with van der Waals surface area (Å²) in [4.78, 5) is 12.0. The molecule has 5 heteroatoms. The molecule has 0 radical (unpaired) electrons. The number of carbonyl (C=O) groups excluding carboxylic acids is 1. The first-order valence-corrected chi connectivity index (χ1v) is 8.08. The van der Waals surface area contributed by atoms with Crippen LogP contribution in [-0.2, 0) is 11.2 Å². The average molecular weight is 297 g/mol. The molecular formula is C15H20FNO2S. The van der Waals surface area contributed by atoms with Crippen molar-refractivity contribution in [3.05, 3.63) is 35.6 Å². The van der Waals surface area contributed by atoms with Crippen molar-refractivity contribution in [3.8, 4) is 0 Å². The average Bonchev–Trinajstić information content (AvgIpc) is 2.44. The number of halogens is 1. The second-order valence-corrected chi connectivity index (χ2v) is 6.36. The molecule has 0 saturated carbocycles. The van der Waals surface area contributed by atoms with Crippen LogP contribution in [0.5, 0.6) is 0 Å². The highest BCUT2D eigenvalue weighted by molar-refractivity contribution is 7.99. The lowest BCUT2D eigenvalue weighted by Gasteiger charge is -2.30. The van der Waals surface area contributed by atoms with Gasteiger partial charge in [0.1, 0.15) is 11.4 Å². The van der Waals surface area contributed by atoms with Gasteiger partial charge < -0.3 is 10.4 Å². The molecule has 1 aromatic carbocycles. The van der Waals surface area contributed by atoms with Crippen LogP contribution >= 0.6 is 11.8 Å². The summed E-state index contributed by atoms with van der Waals surface area (Å²) in [7, 11) is 0. The molecule has 0 unspecified atom stereocenters. The molecule has 0 spiro atoms. The van der Waals surface area contributed by atoms with Crippen molar-refractivity contribution in [3.63, 3.8) is 0 Å². The van der Waals surface area contributed by atoms with Gasteiger partial charge in [-0.15, -0.1) is 0 Å². The predicted molar refractivity (Wildman–Crippen MR) is 79.2 cm³/mol. The van der Waals surface area contributed by atoms with Crippen LogP contribution in [0.15, 0.2) is 24.3 Å². The summed E-state index contributed by atoms with van der Waals surface area (Å²) in [5, 5.41) is 13.0. The lowest BCUT2D eigenvalue weighted by atomic mass is 9.96. The summed E-state index contributed by atoms with van der Waals surface area (Å²) in [6.07, 6.45) is 2.49. The highest BCUT2D eigenvalue weighted by Crippen LogP contribution is 2.26. The number of benzene rings is 1. The molecule has 0 aliphatic carbocycles. The van der Waals surface area contributed by atoms with Gasteiger partial charge in [-0.25, -0.2) is 4.39 Å². The van der Waals surface area contributed by atoms with E-state index in [-0.39, 0.29) is 11.7 Å². The zero-order valence-electron chi connectivity index (χ0n) is 11.4. The van der Waals surface area contributed by atoms with Gasteiger partial charge in [-0.3, -0.25) is 4.79 Å². The van der Waals surface area contributed by atoms with Gasteiger partial charge in [0.2, 0.25) is 0 Å². The second kappa shape index (κ2) is 7.09. The van der Waals surface area contributed by atoms with E-state index >= 15 is 0 Å². The Kier molecular flexibility index (Phi) is 5.43. The van der Waals surface area contributed by atoms with Crippen LogP contribution in [0, 0.1) is 5.82 Å². The van der Waals surface area contributed by atoms with E-state index in [0.717, 1.165) is 23.5 Å². The number of carbonyl (C=O) groups is 1. The maximum atomic E-state index is 13.0. The Morgan fingerprint density at radius 2 is 2.15 bits per heavy atom. The first-order chi connectivity index (χ1) is 9.60. The smallest absolute Gasteiger partial charge is 0.252 e. The van der Waals surface area contributed by atoms with Gasteiger partial charge >= 0.3 is 0 Å². The summed E-state index contributed by atoms with van der Waals surface area (Å²) in [6, 6.07) is 6.48. The largest absolute Gasteiger partial charge is 0.380 e. The lowest BCUT2D eigenvalue weighted by Crippen LogP contribution is -2.49. The molecule has 20 heavy (non-hydrogen) atoms. The normalized spacial score (nSPS) is 17.7. The van der Waals surface area contributed by atoms with Crippen molar-refractivity contribution in [2.75, 3.05) is 18.1 Å². The fourth-order valence-corrected chi connectivity index (χ4v) is 3.46. The first kappa shape index (κ1) is 15.3. The quantitative estimate of drug-likeness (QED) is 0.819. The van der Waals surface area contributed by atoms with E-state index in [2.05, 4.69) is 5.32 Å². The summed E-state index contributed by atoms with van der Waals surface area (Å²) in [5.41, 5.74) is -0.267. The fraction of sp³-hybridized carbons (Fsp3) is 0.533. The van der Waals surface area contributed by atoms with Crippen LogP contribution in [0.1, 0.15) is 24.8 Å². The number of aryl methyl sites for hydroxylation is 1. The van der Waals surface area contributed by atoms with Gasteiger partial charge in [-0.2, -0.15) is 11.8 Å². The molecule has 1 aliphatic rings. The molecule has 2 rings (SSSR count). The van der Waals surface area contributed by atoms with Crippen molar-refractivity contribution in [2.45, 2.75) is 31.3 Å².